The number of likely N-dealkylation sites (N-methyl/N-ethyl adjacent to an activating group) is 1. The van der Waals surface area contributed by atoms with E-state index in [4.69, 9.17) is 10.5 Å². The molecule has 2 heterocycles. The van der Waals surface area contributed by atoms with E-state index < -0.39 is 0 Å². The molecule has 2 N–H and O–H groups in total. The first-order chi connectivity index (χ1) is 9.58. The van der Waals surface area contributed by atoms with Gasteiger partial charge in [-0.05, 0) is 26.9 Å². The van der Waals surface area contributed by atoms with Gasteiger partial charge in [-0.2, -0.15) is 5.10 Å². The van der Waals surface area contributed by atoms with Crippen molar-refractivity contribution in [3.8, 4) is 5.88 Å². The van der Waals surface area contributed by atoms with E-state index in [1.165, 1.54) is 6.42 Å². The topological polar surface area (TPSA) is 59.6 Å². The summed E-state index contributed by atoms with van der Waals surface area (Å²) < 4.78 is 7.33. The first-order valence-electron chi connectivity index (χ1n) is 7.28. The van der Waals surface area contributed by atoms with Crippen LogP contribution in [0.15, 0.2) is 0 Å². The fraction of sp³-hybridized carbons (Fsp3) is 0.786. The number of aromatic nitrogens is 2. The maximum atomic E-state index is 6.08. The van der Waals surface area contributed by atoms with E-state index in [9.17, 15) is 0 Å². The normalized spacial score (nSPS) is 19.9. The van der Waals surface area contributed by atoms with Crippen LogP contribution in [0.25, 0.3) is 0 Å². The van der Waals surface area contributed by atoms with E-state index in [0.717, 1.165) is 43.3 Å². The predicted molar refractivity (Wildman–Crippen MR) is 80.0 cm³/mol. The molecule has 0 spiro atoms. The van der Waals surface area contributed by atoms with Gasteiger partial charge in [0, 0.05) is 33.2 Å². The first kappa shape index (κ1) is 15.3. The van der Waals surface area contributed by atoms with Crippen LogP contribution in [-0.4, -0.2) is 66.5 Å². The minimum absolute atomic E-state index is 0.185. The van der Waals surface area contributed by atoms with E-state index in [0.29, 0.717) is 6.54 Å². The SMILES string of the molecule is COc1c(C(CN)N2CCCN(C)CC2)c(C)nn1C. The van der Waals surface area contributed by atoms with Crippen molar-refractivity contribution < 1.29 is 4.74 Å². The van der Waals surface area contributed by atoms with Crippen LogP contribution in [0.4, 0.5) is 0 Å². The molecule has 1 fully saturated rings. The summed E-state index contributed by atoms with van der Waals surface area (Å²) in [6, 6.07) is 0.185. The summed E-state index contributed by atoms with van der Waals surface area (Å²) in [5.41, 5.74) is 8.23. The van der Waals surface area contributed by atoms with Gasteiger partial charge in [0.15, 0.2) is 0 Å². The lowest BCUT2D eigenvalue weighted by Gasteiger charge is -2.30. The van der Waals surface area contributed by atoms with Crippen molar-refractivity contribution in [2.45, 2.75) is 19.4 Å². The van der Waals surface area contributed by atoms with E-state index in [1.807, 2.05) is 14.0 Å². The third kappa shape index (κ3) is 2.97. The monoisotopic (exact) mass is 281 g/mol. The van der Waals surface area contributed by atoms with Gasteiger partial charge in [0.25, 0.3) is 0 Å². The number of aryl methyl sites for hydroxylation is 2. The van der Waals surface area contributed by atoms with Crippen LogP contribution >= 0.6 is 0 Å². The average molecular weight is 281 g/mol. The molecular formula is C14H27N5O. The van der Waals surface area contributed by atoms with Gasteiger partial charge >= 0.3 is 0 Å². The molecule has 1 aliphatic heterocycles. The van der Waals surface area contributed by atoms with Gasteiger partial charge in [-0.25, -0.2) is 4.68 Å². The molecular weight excluding hydrogens is 254 g/mol. The molecule has 1 aromatic rings. The van der Waals surface area contributed by atoms with Gasteiger partial charge in [0.1, 0.15) is 0 Å². The maximum absolute atomic E-state index is 6.08. The second-order valence-electron chi connectivity index (χ2n) is 5.58. The minimum Gasteiger partial charge on any atom is -0.481 e. The fourth-order valence-electron chi connectivity index (χ4n) is 3.11. The number of hydrogen-bond acceptors (Lipinski definition) is 5. The smallest absolute Gasteiger partial charge is 0.216 e. The number of hydrogen-bond donors (Lipinski definition) is 1. The van der Waals surface area contributed by atoms with Gasteiger partial charge in [0.05, 0.1) is 24.4 Å². The highest BCUT2D eigenvalue weighted by atomic mass is 16.5. The molecule has 0 aliphatic carbocycles. The lowest BCUT2D eigenvalue weighted by Crippen LogP contribution is -2.36. The Bertz CT molecular complexity index is 445. The highest BCUT2D eigenvalue weighted by Gasteiger charge is 2.28. The lowest BCUT2D eigenvalue weighted by atomic mass is 10.1. The molecule has 1 aromatic heterocycles. The zero-order valence-corrected chi connectivity index (χ0v) is 13.1. The second kappa shape index (κ2) is 6.56. The summed E-state index contributed by atoms with van der Waals surface area (Å²) in [6.45, 7) is 6.96. The highest BCUT2D eigenvalue weighted by molar-refractivity contribution is 5.34. The molecule has 20 heavy (non-hydrogen) atoms. The Balaban J connectivity index is 2.27. The van der Waals surface area contributed by atoms with Crippen LogP contribution in [0.3, 0.4) is 0 Å². The van der Waals surface area contributed by atoms with Gasteiger partial charge in [-0.1, -0.05) is 0 Å². The molecule has 6 heteroatoms. The Morgan fingerprint density at radius 2 is 2.00 bits per heavy atom. The molecule has 6 nitrogen and oxygen atoms in total. The summed E-state index contributed by atoms with van der Waals surface area (Å²) in [5, 5.41) is 4.48. The Morgan fingerprint density at radius 1 is 1.25 bits per heavy atom. The van der Waals surface area contributed by atoms with Crippen molar-refractivity contribution in [3.05, 3.63) is 11.3 Å². The molecule has 0 aromatic carbocycles. The molecule has 1 atom stereocenters. The van der Waals surface area contributed by atoms with Crippen LogP contribution in [0.2, 0.25) is 0 Å². The van der Waals surface area contributed by atoms with Gasteiger partial charge < -0.3 is 15.4 Å². The second-order valence-corrected chi connectivity index (χ2v) is 5.58. The Kier molecular flexibility index (Phi) is 5.01. The summed E-state index contributed by atoms with van der Waals surface area (Å²) in [6.07, 6.45) is 1.18. The molecule has 2 rings (SSSR count). The predicted octanol–water partition coefficient (Wildman–Crippen LogP) is 0.374. The van der Waals surface area contributed by atoms with Crippen molar-refractivity contribution in [3.63, 3.8) is 0 Å². The molecule has 114 valence electrons. The molecule has 0 amide bonds. The lowest BCUT2D eigenvalue weighted by molar-refractivity contribution is 0.203. The van der Waals surface area contributed by atoms with Crippen LogP contribution in [0, 0.1) is 6.92 Å². The zero-order valence-electron chi connectivity index (χ0n) is 13.1. The van der Waals surface area contributed by atoms with Crippen LogP contribution in [0.1, 0.15) is 23.7 Å². The van der Waals surface area contributed by atoms with Gasteiger partial charge in [0.2, 0.25) is 5.88 Å². The number of nitrogens with zero attached hydrogens (tertiary/aromatic N) is 4. The van der Waals surface area contributed by atoms with Gasteiger partial charge in [-0.3, -0.25) is 4.90 Å². The van der Waals surface area contributed by atoms with Crippen molar-refractivity contribution in [1.29, 1.82) is 0 Å². The van der Waals surface area contributed by atoms with Gasteiger partial charge in [-0.15, -0.1) is 0 Å². The van der Waals surface area contributed by atoms with Crippen molar-refractivity contribution in [2.75, 3.05) is 46.9 Å². The molecule has 1 unspecified atom stereocenters. The highest BCUT2D eigenvalue weighted by Crippen LogP contribution is 2.31. The Labute approximate surface area is 121 Å². The third-order valence-electron chi connectivity index (χ3n) is 4.16. The quantitative estimate of drug-likeness (QED) is 0.864. The van der Waals surface area contributed by atoms with Crippen LogP contribution < -0.4 is 10.5 Å². The van der Waals surface area contributed by atoms with Crippen molar-refractivity contribution in [2.24, 2.45) is 12.8 Å². The molecule has 1 saturated heterocycles. The molecule has 0 saturated carbocycles. The summed E-state index contributed by atoms with van der Waals surface area (Å²) in [5.74, 6) is 0.829. The molecule has 0 bridgehead atoms. The van der Waals surface area contributed by atoms with E-state index in [2.05, 4.69) is 21.9 Å². The number of rotatable bonds is 4. The number of nitrogens with two attached hydrogens (primary N) is 1. The summed E-state index contributed by atoms with van der Waals surface area (Å²) >= 11 is 0. The average Bonchev–Trinajstić information content (AvgIpc) is 2.58. The van der Waals surface area contributed by atoms with E-state index >= 15 is 0 Å². The van der Waals surface area contributed by atoms with Crippen LogP contribution in [-0.2, 0) is 7.05 Å². The minimum atomic E-state index is 0.185. The van der Waals surface area contributed by atoms with E-state index in [1.54, 1.807) is 11.8 Å². The maximum Gasteiger partial charge on any atom is 0.216 e. The summed E-state index contributed by atoms with van der Waals surface area (Å²) in [7, 11) is 5.79. The Morgan fingerprint density at radius 3 is 2.65 bits per heavy atom. The Hall–Kier alpha value is -1.11. The first-order valence-corrected chi connectivity index (χ1v) is 7.28. The van der Waals surface area contributed by atoms with E-state index in [-0.39, 0.29) is 6.04 Å². The van der Waals surface area contributed by atoms with Crippen molar-refractivity contribution in [1.82, 2.24) is 19.6 Å². The number of methoxy groups -OCH3 is 1. The largest absolute Gasteiger partial charge is 0.481 e. The third-order valence-corrected chi connectivity index (χ3v) is 4.16. The standard InChI is InChI=1S/C14H27N5O/c1-11-13(14(20-4)18(3)16-11)12(10-15)19-7-5-6-17(2)8-9-19/h12H,5-10,15H2,1-4H3. The zero-order chi connectivity index (χ0) is 14.7. The molecule has 0 radical (unpaired) electrons. The molecule has 1 aliphatic rings. The summed E-state index contributed by atoms with van der Waals surface area (Å²) in [4.78, 5) is 4.84. The van der Waals surface area contributed by atoms with Crippen molar-refractivity contribution >= 4 is 0 Å². The fourth-order valence-corrected chi connectivity index (χ4v) is 3.11. The van der Waals surface area contributed by atoms with Crippen LogP contribution in [0.5, 0.6) is 5.88 Å². The number of ether oxygens (including phenoxy) is 1.